The van der Waals surface area contributed by atoms with Crippen molar-refractivity contribution in [1.29, 1.82) is 0 Å². The van der Waals surface area contributed by atoms with E-state index in [0.717, 1.165) is 19.3 Å². The predicted octanol–water partition coefficient (Wildman–Crippen LogP) is 0.766. The molecular formula is C9H16FNO2. The fraction of sp³-hybridized carbons (Fsp3) is 0.889. The van der Waals surface area contributed by atoms with Crippen molar-refractivity contribution >= 4 is 5.91 Å². The minimum atomic E-state index is -1.86. The van der Waals surface area contributed by atoms with Gasteiger partial charge < -0.3 is 10.4 Å². The molecule has 1 amide bonds. The van der Waals surface area contributed by atoms with Crippen molar-refractivity contribution in [3.05, 3.63) is 0 Å². The molecule has 4 heteroatoms. The molecule has 1 fully saturated rings. The molecule has 1 aliphatic rings. The second kappa shape index (κ2) is 3.25. The van der Waals surface area contributed by atoms with Crippen LogP contribution < -0.4 is 5.32 Å². The van der Waals surface area contributed by atoms with Gasteiger partial charge in [-0.05, 0) is 33.1 Å². The van der Waals surface area contributed by atoms with Crippen LogP contribution in [0.2, 0.25) is 0 Å². The molecule has 1 rings (SSSR count). The van der Waals surface area contributed by atoms with Crippen molar-refractivity contribution in [2.75, 3.05) is 6.61 Å². The van der Waals surface area contributed by atoms with E-state index in [0.29, 0.717) is 0 Å². The average molecular weight is 189 g/mol. The minimum absolute atomic E-state index is 0.102. The van der Waals surface area contributed by atoms with Gasteiger partial charge in [0.25, 0.3) is 5.91 Å². The van der Waals surface area contributed by atoms with Crippen molar-refractivity contribution < 1.29 is 14.3 Å². The third kappa shape index (κ3) is 2.18. The number of aliphatic hydroxyl groups is 1. The number of aliphatic hydroxyl groups excluding tert-OH is 1. The standard InChI is InChI=1S/C9H16FNO2/c1-8(2,10)7(13)11-9(6-12)4-3-5-9/h12H,3-6H2,1-2H3,(H,11,13). The van der Waals surface area contributed by atoms with Crippen LogP contribution in [0.15, 0.2) is 0 Å². The van der Waals surface area contributed by atoms with Crippen molar-refractivity contribution in [3.8, 4) is 0 Å². The topological polar surface area (TPSA) is 49.3 Å². The molecule has 0 aromatic rings. The molecule has 0 aromatic carbocycles. The molecule has 1 saturated carbocycles. The zero-order valence-electron chi connectivity index (χ0n) is 8.06. The Morgan fingerprint density at radius 3 is 2.38 bits per heavy atom. The number of rotatable bonds is 3. The summed E-state index contributed by atoms with van der Waals surface area (Å²) in [4.78, 5) is 11.2. The van der Waals surface area contributed by atoms with Gasteiger partial charge in [-0.25, -0.2) is 4.39 Å². The summed E-state index contributed by atoms with van der Waals surface area (Å²) in [5, 5.41) is 11.6. The van der Waals surface area contributed by atoms with E-state index in [9.17, 15) is 9.18 Å². The molecule has 0 aromatic heterocycles. The summed E-state index contributed by atoms with van der Waals surface area (Å²) in [6.07, 6.45) is 2.46. The van der Waals surface area contributed by atoms with E-state index in [2.05, 4.69) is 5.32 Å². The monoisotopic (exact) mass is 189 g/mol. The quantitative estimate of drug-likeness (QED) is 0.688. The Bertz CT molecular complexity index is 201. The number of hydrogen-bond acceptors (Lipinski definition) is 2. The fourth-order valence-corrected chi connectivity index (χ4v) is 1.32. The lowest BCUT2D eigenvalue weighted by Crippen LogP contribution is -2.59. The largest absolute Gasteiger partial charge is 0.394 e. The first-order valence-electron chi connectivity index (χ1n) is 4.52. The zero-order chi connectivity index (χ0) is 10.1. The zero-order valence-corrected chi connectivity index (χ0v) is 8.06. The highest BCUT2D eigenvalue weighted by atomic mass is 19.1. The Kier molecular flexibility index (Phi) is 2.61. The Balaban J connectivity index is 2.52. The summed E-state index contributed by atoms with van der Waals surface area (Å²) >= 11 is 0. The summed E-state index contributed by atoms with van der Waals surface area (Å²) in [5.74, 6) is -0.638. The summed E-state index contributed by atoms with van der Waals surface area (Å²) < 4.78 is 13.1. The molecule has 0 atom stereocenters. The number of hydrogen-bond donors (Lipinski definition) is 2. The molecule has 0 unspecified atom stereocenters. The first-order valence-corrected chi connectivity index (χ1v) is 4.52. The van der Waals surface area contributed by atoms with E-state index in [1.165, 1.54) is 13.8 Å². The number of nitrogens with one attached hydrogen (secondary N) is 1. The predicted molar refractivity (Wildman–Crippen MR) is 47.0 cm³/mol. The maximum atomic E-state index is 13.1. The lowest BCUT2D eigenvalue weighted by atomic mass is 9.77. The second-order valence-corrected chi connectivity index (χ2v) is 4.22. The Morgan fingerprint density at radius 2 is 2.15 bits per heavy atom. The smallest absolute Gasteiger partial charge is 0.257 e. The van der Waals surface area contributed by atoms with Gasteiger partial charge in [0.05, 0.1) is 12.1 Å². The molecule has 0 radical (unpaired) electrons. The summed E-state index contributed by atoms with van der Waals surface area (Å²) in [6.45, 7) is 2.33. The van der Waals surface area contributed by atoms with Crippen LogP contribution in [0.5, 0.6) is 0 Å². The SMILES string of the molecule is CC(C)(F)C(=O)NC1(CO)CCC1. The summed E-state index contributed by atoms with van der Waals surface area (Å²) in [7, 11) is 0. The highest BCUT2D eigenvalue weighted by Crippen LogP contribution is 2.31. The molecule has 1 aliphatic carbocycles. The molecule has 0 heterocycles. The highest BCUT2D eigenvalue weighted by molar-refractivity contribution is 5.84. The average Bonchev–Trinajstić information content (AvgIpc) is 1.94. The van der Waals surface area contributed by atoms with E-state index in [4.69, 9.17) is 5.11 Å². The van der Waals surface area contributed by atoms with Crippen LogP contribution in [-0.2, 0) is 4.79 Å². The molecule has 13 heavy (non-hydrogen) atoms. The first kappa shape index (κ1) is 10.4. The Labute approximate surface area is 77.3 Å². The van der Waals surface area contributed by atoms with Crippen LogP contribution >= 0.6 is 0 Å². The third-order valence-corrected chi connectivity index (χ3v) is 2.53. The number of alkyl halides is 1. The molecule has 0 aliphatic heterocycles. The van der Waals surface area contributed by atoms with Crippen molar-refractivity contribution in [2.45, 2.75) is 44.3 Å². The number of amides is 1. The number of carbonyl (C=O) groups is 1. The molecule has 0 spiro atoms. The van der Waals surface area contributed by atoms with Crippen LogP contribution in [0, 0.1) is 0 Å². The van der Waals surface area contributed by atoms with Gasteiger partial charge in [0.1, 0.15) is 0 Å². The Morgan fingerprint density at radius 1 is 1.62 bits per heavy atom. The molecule has 2 N–H and O–H groups in total. The van der Waals surface area contributed by atoms with Crippen LogP contribution in [-0.4, -0.2) is 28.8 Å². The van der Waals surface area contributed by atoms with Crippen molar-refractivity contribution in [3.63, 3.8) is 0 Å². The number of halogens is 1. The first-order chi connectivity index (χ1) is 5.90. The van der Waals surface area contributed by atoms with Crippen LogP contribution in [0.3, 0.4) is 0 Å². The van der Waals surface area contributed by atoms with Crippen LogP contribution in [0.1, 0.15) is 33.1 Å². The molecule has 3 nitrogen and oxygen atoms in total. The van der Waals surface area contributed by atoms with E-state index in [1.54, 1.807) is 0 Å². The summed E-state index contributed by atoms with van der Waals surface area (Å²) in [5.41, 5.74) is -2.40. The second-order valence-electron chi connectivity index (χ2n) is 4.22. The van der Waals surface area contributed by atoms with E-state index in [1.807, 2.05) is 0 Å². The van der Waals surface area contributed by atoms with Crippen LogP contribution in [0.25, 0.3) is 0 Å². The van der Waals surface area contributed by atoms with Gasteiger partial charge in [-0.3, -0.25) is 4.79 Å². The van der Waals surface area contributed by atoms with Gasteiger partial charge in [0.15, 0.2) is 5.67 Å². The van der Waals surface area contributed by atoms with Gasteiger partial charge in [-0.15, -0.1) is 0 Å². The van der Waals surface area contributed by atoms with E-state index in [-0.39, 0.29) is 6.61 Å². The lowest BCUT2D eigenvalue weighted by Gasteiger charge is -2.41. The molecule has 0 saturated heterocycles. The molecular weight excluding hydrogens is 173 g/mol. The normalized spacial score (nSPS) is 20.6. The molecule has 76 valence electrons. The molecule has 0 bridgehead atoms. The van der Waals surface area contributed by atoms with E-state index >= 15 is 0 Å². The van der Waals surface area contributed by atoms with Crippen molar-refractivity contribution in [1.82, 2.24) is 5.32 Å². The maximum absolute atomic E-state index is 13.1. The highest BCUT2D eigenvalue weighted by Gasteiger charge is 2.41. The van der Waals surface area contributed by atoms with Crippen molar-refractivity contribution in [2.24, 2.45) is 0 Å². The minimum Gasteiger partial charge on any atom is -0.394 e. The van der Waals surface area contributed by atoms with Gasteiger partial charge >= 0.3 is 0 Å². The van der Waals surface area contributed by atoms with E-state index < -0.39 is 17.1 Å². The van der Waals surface area contributed by atoms with Gasteiger partial charge in [0, 0.05) is 0 Å². The van der Waals surface area contributed by atoms with Gasteiger partial charge in [-0.2, -0.15) is 0 Å². The van der Waals surface area contributed by atoms with Crippen LogP contribution in [0.4, 0.5) is 4.39 Å². The lowest BCUT2D eigenvalue weighted by molar-refractivity contribution is -0.134. The fourth-order valence-electron chi connectivity index (χ4n) is 1.32. The third-order valence-electron chi connectivity index (χ3n) is 2.53. The maximum Gasteiger partial charge on any atom is 0.257 e. The van der Waals surface area contributed by atoms with Gasteiger partial charge in [0.2, 0.25) is 0 Å². The summed E-state index contributed by atoms with van der Waals surface area (Å²) in [6, 6.07) is 0. The van der Waals surface area contributed by atoms with Gasteiger partial charge in [-0.1, -0.05) is 0 Å². The number of carbonyl (C=O) groups excluding carboxylic acids is 1. The Hall–Kier alpha value is -0.640.